The second kappa shape index (κ2) is 9.07. The Labute approximate surface area is 172 Å². The van der Waals surface area contributed by atoms with Crippen LogP contribution in [-0.4, -0.2) is 17.9 Å². The number of nitrogens with zero attached hydrogens (tertiary/aromatic N) is 1. The van der Waals surface area contributed by atoms with Gasteiger partial charge in [-0.1, -0.05) is 41.9 Å². The fraction of sp³-hybridized carbons (Fsp3) is 0.0952. The number of hydrogen-bond acceptors (Lipinski definition) is 5. The third kappa shape index (κ3) is 5.03. The van der Waals surface area contributed by atoms with Gasteiger partial charge < -0.3 is 15.4 Å². The molecular formula is C21H18ClN3O4. The van der Waals surface area contributed by atoms with Crippen LogP contribution in [0, 0.1) is 10.1 Å². The van der Waals surface area contributed by atoms with Crippen LogP contribution in [0.2, 0.25) is 5.02 Å². The molecule has 7 nitrogen and oxygen atoms in total. The molecule has 3 aromatic carbocycles. The number of hydrogen-bond donors (Lipinski definition) is 2. The van der Waals surface area contributed by atoms with Crippen molar-refractivity contribution in [2.75, 3.05) is 17.7 Å². The Kier molecular flexibility index (Phi) is 6.31. The van der Waals surface area contributed by atoms with E-state index in [9.17, 15) is 14.9 Å². The SMILES string of the molecule is COc1ccc(Cl)cc1NC(=O)c1ccc(NCc2ccccc2)c([N+](=O)[O-])c1. The number of nitro groups is 1. The molecule has 3 rings (SSSR count). The van der Waals surface area contributed by atoms with E-state index in [0.29, 0.717) is 28.7 Å². The normalized spacial score (nSPS) is 10.3. The summed E-state index contributed by atoms with van der Waals surface area (Å²) in [4.78, 5) is 23.6. The van der Waals surface area contributed by atoms with Gasteiger partial charge in [-0.3, -0.25) is 14.9 Å². The van der Waals surface area contributed by atoms with Crippen molar-refractivity contribution in [3.05, 3.63) is 93.0 Å². The number of rotatable bonds is 7. The van der Waals surface area contributed by atoms with Gasteiger partial charge in [-0.15, -0.1) is 0 Å². The first-order valence-electron chi connectivity index (χ1n) is 8.69. The van der Waals surface area contributed by atoms with Gasteiger partial charge in [0.15, 0.2) is 0 Å². The van der Waals surface area contributed by atoms with Crippen molar-refractivity contribution >= 4 is 34.6 Å². The van der Waals surface area contributed by atoms with Crippen molar-refractivity contribution in [1.82, 2.24) is 0 Å². The van der Waals surface area contributed by atoms with Gasteiger partial charge in [-0.2, -0.15) is 0 Å². The van der Waals surface area contributed by atoms with Crippen molar-refractivity contribution in [2.45, 2.75) is 6.54 Å². The van der Waals surface area contributed by atoms with Crippen LogP contribution in [0.4, 0.5) is 17.1 Å². The van der Waals surface area contributed by atoms with Crippen LogP contribution in [0.25, 0.3) is 0 Å². The van der Waals surface area contributed by atoms with Gasteiger partial charge in [-0.05, 0) is 35.9 Å². The van der Waals surface area contributed by atoms with Gasteiger partial charge >= 0.3 is 0 Å². The zero-order chi connectivity index (χ0) is 20.8. The van der Waals surface area contributed by atoms with Gasteiger partial charge in [0.25, 0.3) is 11.6 Å². The summed E-state index contributed by atoms with van der Waals surface area (Å²) in [7, 11) is 1.47. The first kappa shape index (κ1) is 20.2. The largest absolute Gasteiger partial charge is 0.495 e. The molecule has 0 aliphatic rings. The molecule has 8 heteroatoms. The first-order chi connectivity index (χ1) is 14.0. The Hall–Kier alpha value is -3.58. The fourth-order valence-electron chi connectivity index (χ4n) is 2.74. The zero-order valence-electron chi connectivity index (χ0n) is 15.5. The van der Waals surface area contributed by atoms with Gasteiger partial charge in [0.2, 0.25) is 0 Å². The summed E-state index contributed by atoms with van der Waals surface area (Å²) in [6.07, 6.45) is 0. The average molecular weight is 412 g/mol. The number of carbonyl (C=O) groups is 1. The maximum Gasteiger partial charge on any atom is 0.293 e. The molecule has 29 heavy (non-hydrogen) atoms. The molecule has 0 heterocycles. The summed E-state index contributed by atoms with van der Waals surface area (Å²) < 4.78 is 5.20. The number of nitrogens with one attached hydrogen (secondary N) is 2. The molecule has 0 spiro atoms. The lowest BCUT2D eigenvalue weighted by molar-refractivity contribution is -0.384. The van der Waals surface area contributed by atoms with Gasteiger partial charge in [0, 0.05) is 23.2 Å². The first-order valence-corrected chi connectivity index (χ1v) is 9.07. The summed E-state index contributed by atoms with van der Waals surface area (Å²) in [5.41, 5.74) is 1.64. The summed E-state index contributed by atoms with van der Waals surface area (Å²) in [5.74, 6) is -0.0818. The van der Waals surface area contributed by atoms with E-state index in [4.69, 9.17) is 16.3 Å². The molecule has 0 aliphatic carbocycles. The van der Waals surface area contributed by atoms with E-state index < -0.39 is 10.8 Å². The topological polar surface area (TPSA) is 93.5 Å². The molecule has 0 atom stereocenters. The Morgan fingerprint density at radius 1 is 1.07 bits per heavy atom. The monoisotopic (exact) mass is 411 g/mol. The standard InChI is InChI=1S/C21H18ClN3O4/c1-29-20-10-8-16(22)12-18(20)24-21(26)15-7-9-17(19(11-15)25(27)28)23-13-14-5-3-2-4-6-14/h2-12,23H,13H2,1H3,(H,24,26). The van der Waals surface area contributed by atoms with Crippen molar-refractivity contribution in [1.29, 1.82) is 0 Å². The number of benzene rings is 3. The quantitative estimate of drug-likeness (QED) is 0.415. The minimum absolute atomic E-state index is 0.143. The predicted octanol–water partition coefficient (Wildman–Crippen LogP) is 5.12. The number of ether oxygens (including phenoxy) is 1. The lowest BCUT2D eigenvalue weighted by Crippen LogP contribution is -2.13. The number of anilines is 2. The highest BCUT2D eigenvalue weighted by Gasteiger charge is 2.18. The summed E-state index contributed by atoms with van der Waals surface area (Å²) in [6, 6.07) is 18.6. The van der Waals surface area contributed by atoms with Gasteiger partial charge in [0.1, 0.15) is 11.4 Å². The number of halogens is 1. The van der Waals surface area contributed by atoms with Crippen LogP contribution in [0.5, 0.6) is 5.75 Å². The van der Waals surface area contributed by atoms with Crippen molar-refractivity contribution in [3.63, 3.8) is 0 Å². The van der Waals surface area contributed by atoms with Crippen LogP contribution < -0.4 is 15.4 Å². The van der Waals surface area contributed by atoms with Crippen molar-refractivity contribution in [2.24, 2.45) is 0 Å². The van der Waals surface area contributed by atoms with E-state index in [1.54, 1.807) is 18.2 Å². The summed E-state index contributed by atoms with van der Waals surface area (Å²) in [6.45, 7) is 0.424. The predicted molar refractivity (Wildman–Crippen MR) is 113 cm³/mol. The summed E-state index contributed by atoms with van der Waals surface area (Å²) >= 11 is 5.97. The second-order valence-electron chi connectivity index (χ2n) is 6.13. The van der Waals surface area contributed by atoms with Crippen LogP contribution in [0.1, 0.15) is 15.9 Å². The number of carbonyl (C=O) groups excluding carboxylic acids is 1. The third-order valence-corrected chi connectivity index (χ3v) is 4.43. The molecule has 1 amide bonds. The average Bonchev–Trinajstić information content (AvgIpc) is 2.73. The van der Waals surface area contributed by atoms with E-state index in [2.05, 4.69) is 10.6 Å². The van der Waals surface area contributed by atoms with E-state index in [1.165, 1.54) is 25.3 Å². The molecule has 148 valence electrons. The number of methoxy groups -OCH3 is 1. The Bertz CT molecular complexity index is 1040. The minimum atomic E-state index is -0.524. The van der Waals surface area contributed by atoms with Gasteiger partial charge in [-0.25, -0.2) is 0 Å². The maximum absolute atomic E-state index is 12.6. The zero-order valence-corrected chi connectivity index (χ0v) is 16.3. The van der Waals surface area contributed by atoms with Crippen molar-refractivity contribution < 1.29 is 14.5 Å². The Balaban J connectivity index is 1.81. The smallest absolute Gasteiger partial charge is 0.293 e. The Morgan fingerprint density at radius 2 is 1.83 bits per heavy atom. The molecule has 0 saturated carbocycles. The number of amides is 1. The summed E-state index contributed by atoms with van der Waals surface area (Å²) in [5, 5.41) is 17.6. The molecule has 2 N–H and O–H groups in total. The highest BCUT2D eigenvalue weighted by Crippen LogP contribution is 2.30. The van der Waals surface area contributed by atoms with E-state index in [0.717, 1.165) is 5.56 Å². The van der Waals surface area contributed by atoms with Crippen LogP contribution >= 0.6 is 11.6 Å². The van der Waals surface area contributed by atoms with E-state index >= 15 is 0 Å². The second-order valence-corrected chi connectivity index (χ2v) is 6.56. The molecule has 0 radical (unpaired) electrons. The molecular weight excluding hydrogens is 394 g/mol. The molecule has 0 saturated heterocycles. The molecule has 0 fully saturated rings. The lowest BCUT2D eigenvalue weighted by atomic mass is 10.1. The van der Waals surface area contributed by atoms with E-state index in [-0.39, 0.29) is 11.3 Å². The highest BCUT2D eigenvalue weighted by atomic mass is 35.5. The Morgan fingerprint density at radius 3 is 2.52 bits per heavy atom. The molecule has 0 aromatic heterocycles. The third-order valence-electron chi connectivity index (χ3n) is 4.19. The molecule has 0 unspecified atom stereocenters. The fourth-order valence-corrected chi connectivity index (χ4v) is 2.91. The van der Waals surface area contributed by atoms with Crippen LogP contribution in [0.3, 0.4) is 0 Å². The maximum atomic E-state index is 12.6. The minimum Gasteiger partial charge on any atom is -0.495 e. The van der Waals surface area contributed by atoms with E-state index in [1.807, 2.05) is 30.3 Å². The number of nitro benzene ring substituents is 1. The van der Waals surface area contributed by atoms with Crippen LogP contribution in [0.15, 0.2) is 66.7 Å². The van der Waals surface area contributed by atoms with Crippen molar-refractivity contribution in [3.8, 4) is 5.75 Å². The highest BCUT2D eigenvalue weighted by molar-refractivity contribution is 6.31. The molecule has 0 bridgehead atoms. The van der Waals surface area contributed by atoms with Gasteiger partial charge in [0.05, 0.1) is 17.7 Å². The molecule has 0 aliphatic heterocycles. The molecule has 3 aromatic rings. The van der Waals surface area contributed by atoms with Crippen LogP contribution in [-0.2, 0) is 6.54 Å². The lowest BCUT2D eigenvalue weighted by Gasteiger charge is -2.12.